The third-order valence-electron chi connectivity index (χ3n) is 2.04. The maximum atomic E-state index is 9.17. The average Bonchev–Trinajstić information content (AvgIpc) is 1.88. The molecule has 3 atom stereocenters. The van der Waals surface area contributed by atoms with Gasteiger partial charge in [0.05, 0.1) is 18.3 Å². The van der Waals surface area contributed by atoms with Gasteiger partial charge in [0.2, 0.25) is 0 Å². The Hall–Kier alpha value is -0.0800. The van der Waals surface area contributed by atoms with Gasteiger partial charge in [-0.05, 0) is 33.1 Å². The van der Waals surface area contributed by atoms with Crippen LogP contribution in [0, 0.1) is 0 Å². The van der Waals surface area contributed by atoms with E-state index in [4.69, 9.17) is 9.84 Å². The van der Waals surface area contributed by atoms with Crippen LogP contribution in [-0.4, -0.2) is 23.4 Å². The van der Waals surface area contributed by atoms with E-state index in [1.807, 2.05) is 0 Å². The van der Waals surface area contributed by atoms with E-state index in [0.717, 1.165) is 12.8 Å². The summed E-state index contributed by atoms with van der Waals surface area (Å²) in [6, 6.07) is 0. The minimum Gasteiger partial charge on any atom is -0.391 e. The Bertz CT molecular complexity index is 101. The molecule has 0 spiro atoms. The molecule has 1 saturated heterocycles. The number of ether oxygens (including phenoxy) is 1. The molecule has 1 heterocycles. The van der Waals surface area contributed by atoms with Crippen LogP contribution in [0.4, 0.5) is 0 Å². The van der Waals surface area contributed by atoms with Crippen LogP contribution < -0.4 is 0 Å². The van der Waals surface area contributed by atoms with Gasteiger partial charge in [-0.3, -0.25) is 0 Å². The van der Waals surface area contributed by atoms with Crippen molar-refractivity contribution in [3.8, 4) is 0 Å². The lowest BCUT2D eigenvalue weighted by Crippen LogP contribution is -2.33. The minimum absolute atomic E-state index is 0.0868. The highest BCUT2D eigenvalue weighted by molar-refractivity contribution is 4.71. The monoisotopic (exact) mass is 144 g/mol. The predicted octanol–water partition coefficient (Wildman–Crippen LogP) is 1.32. The SMILES string of the molecule is CC(O)[C@H]1CCC[C@@H](C)O1. The lowest BCUT2D eigenvalue weighted by molar-refractivity contribution is -0.0926. The molecule has 0 aromatic carbocycles. The van der Waals surface area contributed by atoms with Crippen molar-refractivity contribution in [1.82, 2.24) is 0 Å². The summed E-state index contributed by atoms with van der Waals surface area (Å²) in [6.07, 6.45) is 3.47. The molecule has 0 amide bonds. The highest BCUT2D eigenvalue weighted by Crippen LogP contribution is 2.20. The summed E-state index contributed by atoms with van der Waals surface area (Å²) in [5.41, 5.74) is 0. The minimum atomic E-state index is -0.303. The van der Waals surface area contributed by atoms with Crippen LogP contribution in [0.2, 0.25) is 0 Å². The first-order chi connectivity index (χ1) is 4.70. The van der Waals surface area contributed by atoms with Gasteiger partial charge < -0.3 is 9.84 Å². The third-order valence-corrected chi connectivity index (χ3v) is 2.04. The van der Waals surface area contributed by atoms with Crippen molar-refractivity contribution in [3.63, 3.8) is 0 Å². The largest absolute Gasteiger partial charge is 0.391 e. The molecule has 0 bridgehead atoms. The first-order valence-corrected chi connectivity index (χ1v) is 4.03. The first-order valence-electron chi connectivity index (χ1n) is 4.03. The lowest BCUT2D eigenvalue weighted by Gasteiger charge is -2.29. The van der Waals surface area contributed by atoms with Gasteiger partial charge in [-0.2, -0.15) is 0 Å². The van der Waals surface area contributed by atoms with Crippen LogP contribution in [0.1, 0.15) is 33.1 Å². The van der Waals surface area contributed by atoms with E-state index in [1.165, 1.54) is 6.42 Å². The average molecular weight is 144 g/mol. The Morgan fingerprint density at radius 1 is 1.50 bits per heavy atom. The van der Waals surface area contributed by atoms with E-state index >= 15 is 0 Å². The van der Waals surface area contributed by atoms with E-state index < -0.39 is 0 Å². The number of hydrogen-bond donors (Lipinski definition) is 1. The van der Waals surface area contributed by atoms with E-state index in [-0.39, 0.29) is 12.2 Å². The fourth-order valence-corrected chi connectivity index (χ4v) is 1.40. The molecule has 1 N–H and O–H groups in total. The smallest absolute Gasteiger partial charge is 0.0834 e. The molecule has 0 aromatic rings. The Labute approximate surface area is 62.2 Å². The van der Waals surface area contributed by atoms with Gasteiger partial charge >= 0.3 is 0 Å². The van der Waals surface area contributed by atoms with Crippen LogP contribution in [0.5, 0.6) is 0 Å². The van der Waals surface area contributed by atoms with Crippen LogP contribution in [0.25, 0.3) is 0 Å². The van der Waals surface area contributed by atoms with E-state index in [9.17, 15) is 0 Å². The van der Waals surface area contributed by atoms with Crippen LogP contribution in [0.3, 0.4) is 0 Å². The molecule has 0 aromatic heterocycles. The molecule has 1 rings (SSSR count). The maximum absolute atomic E-state index is 9.17. The van der Waals surface area contributed by atoms with Gasteiger partial charge in [0.15, 0.2) is 0 Å². The second kappa shape index (κ2) is 3.35. The van der Waals surface area contributed by atoms with E-state index in [1.54, 1.807) is 6.92 Å². The predicted molar refractivity (Wildman–Crippen MR) is 39.9 cm³/mol. The highest BCUT2D eigenvalue weighted by Gasteiger charge is 2.22. The Morgan fingerprint density at radius 3 is 2.60 bits per heavy atom. The number of aliphatic hydroxyl groups excluding tert-OH is 1. The van der Waals surface area contributed by atoms with Crippen molar-refractivity contribution < 1.29 is 9.84 Å². The second-order valence-electron chi connectivity index (χ2n) is 3.16. The van der Waals surface area contributed by atoms with E-state index in [0.29, 0.717) is 6.10 Å². The number of rotatable bonds is 1. The zero-order valence-corrected chi connectivity index (χ0v) is 6.71. The third kappa shape index (κ3) is 1.96. The Morgan fingerprint density at radius 2 is 2.20 bits per heavy atom. The van der Waals surface area contributed by atoms with Crippen LogP contribution >= 0.6 is 0 Å². The second-order valence-corrected chi connectivity index (χ2v) is 3.16. The molecule has 2 nitrogen and oxygen atoms in total. The summed E-state index contributed by atoms with van der Waals surface area (Å²) < 4.78 is 5.50. The molecule has 1 unspecified atom stereocenters. The van der Waals surface area contributed by atoms with Gasteiger partial charge in [0.25, 0.3) is 0 Å². The summed E-state index contributed by atoms with van der Waals surface area (Å²) >= 11 is 0. The maximum Gasteiger partial charge on any atom is 0.0834 e. The summed E-state index contributed by atoms with van der Waals surface area (Å²) in [6.45, 7) is 3.86. The summed E-state index contributed by atoms with van der Waals surface area (Å²) in [5.74, 6) is 0. The van der Waals surface area contributed by atoms with Crippen LogP contribution in [0.15, 0.2) is 0 Å². The van der Waals surface area contributed by atoms with Crippen LogP contribution in [-0.2, 0) is 4.74 Å². The zero-order chi connectivity index (χ0) is 7.56. The van der Waals surface area contributed by atoms with Gasteiger partial charge in [0, 0.05) is 0 Å². The standard InChI is InChI=1S/C8H16O2/c1-6-4-3-5-8(10-6)7(2)9/h6-9H,3-5H2,1-2H3/t6-,7?,8-/m1/s1. The zero-order valence-electron chi connectivity index (χ0n) is 6.71. The van der Waals surface area contributed by atoms with Crippen molar-refractivity contribution in [2.45, 2.75) is 51.4 Å². The molecular weight excluding hydrogens is 128 g/mol. The van der Waals surface area contributed by atoms with Crippen molar-refractivity contribution in [3.05, 3.63) is 0 Å². The fourth-order valence-electron chi connectivity index (χ4n) is 1.40. The topological polar surface area (TPSA) is 29.5 Å². The fraction of sp³-hybridized carbons (Fsp3) is 1.00. The summed E-state index contributed by atoms with van der Waals surface area (Å²) in [5, 5.41) is 9.17. The molecule has 1 fully saturated rings. The number of hydrogen-bond acceptors (Lipinski definition) is 2. The molecule has 2 heteroatoms. The number of aliphatic hydroxyl groups is 1. The Balaban J connectivity index is 2.32. The molecular formula is C8H16O2. The molecule has 0 radical (unpaired) electrons. The van der Waals surface area contributed by atoms with Gasteiger partial charge in [-0.15, -0.1) is 0 Å². The quantitative estimate of drug-likeness (QED) is 0.601. The van der Waals surface area contributed by atoms with Gasteiger partial charge in [-0.1, -0.05) is 0 Å². The van der Waals surface area contributed by atoms with Crippen molar-refractivity contribution in [1.29, 1.82) is 0 Å². The first kappa shape index (κ1) is 8.02. The Kier molecular flexibility index (Phi) is 2.69. The lowest BCUT2D eigenvalue weighted by atomic mass is 10.0. The molecule has 60 valence electrons. The summed E-state index contributed by atoms with van der Waals surface area (Å²) in [7, 11) is 0. The van der Waals surface area contributed by atoms with Crippen molar-refractivity contribution in [2.75, 3.05) is 0 Å². The van der Waals surface area contributed by atoms with E-state index in [2.05, 4.69) is 6.92 Å². The molecule has 1 aliphatic heterocycles. The highest BCUT2D eigenvalue weighted by atomic mass is 16.5. The molecule has 10 heavy (non-hydrogen) atoms. The van der Waals surface area contributed by atoms with Crippen molar-refractivity contribution in [2.24, 2.45) is 0 Å². The van der Waals surface area contributed by atoms with Crippen molar-refractivity contribution >= 4 is 0 Å². The molecule has 1 aliphatic rings. The normalized spacial score (nSPS) is 37.5. The molecule has 0 aliphatic carbocycles. The van der Waals surface area contributed by atoms with Gasteiger partial charge in [0.1, 0.15) is 0 Å². The molecule has 0 saturated carbocycles. The van der Waals surface area contributed by atoms with Gasteiger partial charge in [-0.25, -0.2) is 0 Å². The summed E-state index contributed by atoms with van der Waals surface area (Å²) in [4.78, 5) is 0.